The van der Waals surface area contributed by atoms with Gasteiger partial charge in [-0.05, 0) is 55.8 Å². The molecule has 2 N–H and O–H groups in total. The quantitative estimate of drug-likeness (QED) is 0.487. The van der Waals surface area contributed by atoms with Crippen molar-refractivity contribution in [2.45, 2.75) is 37.8 Å². The zero-order valence-electron chi connectivity index (χ0n) is 16.5. The number of nitrogens with one attached hydrogen (secondary N) is 2. The van der Waals surface area contributed by atoms with E-state index in [9.17, 15) is 21.6 Å². The van der Waals surface area contributed by atoms with Crippen LogP contribution < -0.4 is 10.0 Å². The second-order valence-corrected chi connectivity index (χ2v) is 8.71. The smallest absolute Gasteiger partial charge is 0.355 e. The van der Waals surface area contributed by atoms with Gasteiger partial charge in [0.1, 0.15) is 0 Å². The normalized spacial score (nSPS) is 12.3. The van der Waals surface area contributed by atoms with Gasteiger partial charge in [0.25, 0.3) is 0 Å². The molecule has 0 radical (unpaired) electrons. The molecule has 160 valence electrons. The van der Waals surface area contributed by atoms with Gasteiger partial charge in [0, 0.05) is 29.0 Å². The molecule has 0 atom stereocenters. The van der Waals surface area contributed by atoms with Crippen LogP contribution in [0.3, 0.4) is 0 Å². The first kappa shape index (κ1) is 22.0. The number of benzene rings is 2. The summed E-state index contributed by atoms with van der Waals surface area (Å²) in [5.74, 6) is 0. The zero-order chi connectivity index (χ0) is 21.9. The van der Waals surface area contributed by atoms with Crippen molar-refractivity contribution in [2.24, 2.45) is 0 Å². The van der Waals surface area contributed by atoms with Crippen LogP contribution in [0.4, 0.5) is 24.5 Å². The Morgan fingerprint density at radius 2 is 1.73 bits per heavy atom. The van der Waals surface area contributed by atoms with Crippen molar-refractivity contribution in [1.29, 1.82) is 0 Å². The van der Waals surface area contributed by atoms with Gasteiger partial charge in [-0.1, -0.05) is 19.4 Å². The van der Waals surface area contributed by atoms with Crippen LogP contribution in [0.2, 0.25) is 0 Å². The molecule has 0 bridgehead atoms. The van der Waals surface area contributed by atoms with Gasteiger partial charge >= 0.3 is 6.18 Å². The first-order valence-electron chi connectivity index (χ1n) is 9.45. The fourth-order valence-corrected chi connectivity index (χ4v) is 4.05. The van der Waals surface area contributed by atoms with Crippen molar-refractivity contribution in [1.82, 2.24) is 9.71 Å². The Morgan fingerprint density at radius 1 is 1.03 bits per heavy atom. The van der Waals surface area contributed by atoms with Gasteiger partial charge in [-0.3, -0.25) is 4.98 Å². The number of hydrogen-bond donors (Lipinski definition) is 2. The number of sulfonamides is 1. The Kier molecular flexibility index (Phi) is 6.33. The number of unbranched alkanes of at least 4 members (excludes halogenated alkanes) is 1. The first-order valence-corrected chi connectivity index (χ1v) is 10.9. The standard InChI is InChI=1S/C21H22F3N3O2S/c1-3-4-11-25-30(28,29)17-8-6-16(7-9-17)27-19-12-14(2)26-20-13-15(21(22,23)24)5-10-18(19)20/h5-10,12-13,25H,3-4,11H2,1-2H3,(H,26,27). The van der Waals surface area contributed by atoms with E-state index in [0.29, 0.717) is 29.0 Å². The highest BCUT2D eigenvalue weighted by atomic mass is 32.2. The molecular weight excluding hydrogens is 415 g/mol. The van der Waals surface area contributed by atoms with Crippen molar-refractivity contribution in [3.63, 3.8) is 0 Å². The molecule has 3 rings (SSSR count). The van der Waals surface area contributed by atoms with Gasteiger partial charge in [-0.2, -0.15) is 13.2 Å². The van der Waals surface area contributed by atoms with Crippen LogP contribution in [0.25, 0.3) is 10.9 Å². The van der Waals surface area contributed by atoms with Crippen molar-refractivity contribution in [2.75, 3.05) is 11.9 Å². The Bertz CT molecular complexity index is 1140. The Labute approximate surface area is 173 Å². The molecule has 1 heterocycles. The van der Waals surface area contributed by atoms with E-state index >= 15 is 0 Å². The molecule has 0 amide bonds. The molecule has 5 nitrogen and oxygen atoms in total. The number of pyridine rings is 1. The summed E-state index contributed by atoms with van der Waals surface area (Å²) in [5.41, 5.74) is 1.22. The van der Waals surface area contributed by atoms with Crippen LogP contribution in [-0.4, -0.2) is 19.9 Å². The Hall–Kier alpha value is -2.65. The second-order valence-electron chi connectivity index (χ2n) is 6.94. The second kappa shape index (κ2) is 8.61. The molecule has 0 aliphatic carbocycles. The predicted octanol–water partition coefficient (Wildman–Crippen LogP) is 5.38. The van der Waals surface area contributed by atoms with E-state index in [4.69, 9.17) is 0 Å². The lowest BCUT2D eigenvalue weighted by atomic mass is 10.1. The van der Waals surface area contributed by atoms with Gasteiger partial charge in [0.2, 0.25) is 10.0 Å². The van der Waals surface area contributed by atoms with E-state index in [1.54, 1.807) is 25.1 Å². The number of aromatic nitrogens is 1. The summed E-state index contributed by atoms with van der Waals surface area (Å²) in [6, 6.07) is 11.3. The van der Waals surface area contributed by atoms with E-state index < -0.39 is 21.8 Å². The molecule has 0 aliphatic heterocycles. The summed E-state index contributed by atoms with van der Waals surface area (Å²) in [6.45, 7) is 4.05. The van der Waals surface area contributed by atoms with E-state index in [-0.39, 0.29) is 10.4 Å². The largest absolute Gasteiger partial charge is 0.416 e. The van der Waals surface area contributed by atoms with Crippen LogP contribution in [0.5, 0.6) is 0 Å². The molecule has 9 heteroatoms. The predicted molar refractivity (Wildman–Crippen MR) is 111 cm³/mol. The number of fused-ring (bicyclic) bond motifs is 1. The maximum absolute atomic E-state index is 13.0. The van der Waals surface area contributed by atoms with Gasteiger partial charge in [0.15, 0.2) is 0 Å². The van der Waals surface area contributed by atoms with Gasteiger partial charge in [0.05, 0.1) is 16.0 Å². The molecule has 0 fully saturated rings. The molecular formula is C21H22F3N3O2S. The highest BCUT2D eigenvalue weighted by Crippen LogP contribution is 2.34. The van der Waals surface area contributed by atoms with E-state index in [2.05, 4.69) is 15.0 Å². The Morgan fingerprint density at radius 3 is 2.37 bits per heavy atom. The van der Waals surface area contributed by atoms with E-state index in [1.165, 1.54) is 18.2 Å². The van der Waals surface area contributed by atoms with Crippen molar-refractivity contribution < 1.29 is 21.6 Å². The van der Waals surface area contributed by atoms with Crippen LogP contribution in [0, 0.1) is 6.92 Å². The fraction of sp³-hybridized carbons (Fsp3) is 0.286. The van der Waals surface area contributed by atoms with Crippen molar-refractivity contribution in [3.05, 3.63) is 59.8 Å². The average Bonchev–Trinajstić information content (AvgIpc) is 2.67. The molecule has 0 aliphatic rings. The van der Waals surface area contributed by atoms with Gasteiger partial charge < -0.3 is 5.32 Å². The number of anilines is 2. The number of halogens is 3. The van der Waals surface area contributed by atoms with E-state index in [1.807, 2.05) is 6.92 Å². The first-order chi connectivity index (χ1) is 14.1. The summed E-state index contributed by atoms with van der Waals surface area (Å²) in [5, 5.41) is 3.67. The average molecular weight is 437 g/mol. The van der Waals surface area contributed by atoms with E-state index in [0.717, 1.165) is 25.0 Å². The van der Waals surface area contributed by atoms with Gasteiger partial charge in [-0.15, -0.1) is 0 Å². The number of alkyl halides is 3. The maximum Gasteiger partial charge on any atom is 0.416 e. The minimum atomic E-state index is -4.44. The molecule has 2 aromatic carbocycles. The molecule has 0 spiro atoms. The van der Waals surface area contributed by atoms with Crippen molar-refractivity contribution in [3.8, 4) is 0 Å². The van der Waals surface area contributed by atoms with Crippen molar-refractivity contribution >= 4 is 32.3 Å². The lowest BCUT2D eigenvalue weighted by Crippen LogP contribution is -2.24. The molecule has 1 aromatic heterocycles. The number of rotatable bonds is 7. The molecule has 0 unspecified atom stereocenters. The molecule has 3 aromatic rings. The third-order valence-electron chi connectivity index (χ3n) is 4.53. The van der Waals surface area contributed by atoms with Crippen LogP contribution >= 0.6 is 0 Å². The van der Waals surface area contributed by atoms with Crippen LogP contribution in [0.1, 0.15) is 31.0 Å². The highest BCUT2D eigenvalue weighted by Gasteiger charge is 2.30. The SMILES string of the molecule is CCCCNS(=O)(=O)c1ccc(Nc2cc(C)nc3cc(C(F)(F)F)ccc23)cc1. The lowest BCUT2D eigenvalue weighted by Gasteiger charge is -2.13. The fourth-order valence-electron chi connectivity index (χ4n) is 2.98. The number of hydrogen-bond acceptors (Lipinski definition) is 4. The Balaban J connectivity index is 1.87. The number of nitrogens with zero attached hydrogens (tertiary/aromatic N) is 1. The summed E-state index contributed by atoms with van der Waals surface area (Å²) >= 11 is 0. The molecule has 30 heavy (non-hydrogen) atoms. The maximum atomic E-state index is 13.0. The van der Waals surface area contributed by atoms with Crippen LogP contribution in [0.15, 0.2) is 53.4 Å². The number of aryl methyl sites for hydroxylation is 1. The zero-order valence-corrected chi connectivity index (χ0v) is 17.4. The molecule has 0 saturated heterocycles. The van der Waals surface area contributed by atoms with Crippen LogP contribution in [-0.2, 0) is 16.2 Å². The summed E-state index contributed by atoms with van der Waals surface area (Å²) in [7, 11) is -3.58. The monoisotopic (exact) mass is 437 g/mol. The third kappa shape index (κ3) is 5.09. The van der Waals surface area contributed by atoms with Gasteiger partial charge in [-0.25, -0.2) is 13.1 Å². The lowest BCUT2D eigenvalue weighted by molar-refractivity contribution is -0.137. The third-order valence-corrected chi connectivity index (χ3v) is 6.01. The summed E-state index contributed by atoms with van der Waals surface area (Å²) in [4.78, 5) is 4.35. The topological polar surface area (TPSA) is 71.1 Å². The minimum absolute atomic E-state index is 0.148. The highest BCUT2D eigenvalue weighted by molar-refractivity contribution is 7.89. The minimum Gasteiger partial charge on any atom is -0.355 e. The molecule has 0 saturated carbocycles. The summed E-state index contributed by atoms with van der Waals surface area (Å²) < 4.78 is 66.1. The summed E-state index contributed by atoms with van der Waals surface area (Å²) in [6.07, 6.45) is -2.81.